The number of piperazine rings is 1. The van der Waals surface area contributed by atoms with E-state index in [9.17, 15) is 41.3 Å². The zero-order valence-electron chi connectivity index (χ0n) is 17.8. The van der Waals surface area contributed by atoms with Gasteiger partial charge in [0.2, 0.25) is 22.5 Å². The lowest BCUT2D eigenvalue weighted by atomic mass is 9.87. The van der Waals surface area contributed by atoms with Gasteiger partial charge in [-0.05, 0) is 18.1 Å². The highest BCUT2D eigenvalue weighted by atomic mass is 32.2. The Bertz CT molecular complexity index is 1040. The van der Waals surface area contributed by atoms with Crippen molar-refractivity contribution in [3.05, 3.63) is 39.9 Å². The lowest BCUT2D eigenvalue weighted by molar-refractivity contribution is -0.490. The highest BCUT2D eigenvalue weighted by molar-refractivity contribution is 7.89. The van der Waals surface area contributed by atoms with E-state index in [1.165, 1.54) is 11.0 Å². The van der Waals surface area contributed by atoms with Crippen LogP contribution in [0.15, 0.2) is 29.2 Å². The van der Waals surface area contributed by atoms with Crippen LogP contribution >= 0.6 is 0 Å². The predicted octanol–water partition coefficient (Wildman–Crippen LogP) is 2.05. The number of carbonyl (C=O) groups is 2. The topological polar surface area (TPSA) is 118 Å². The number of amides is 1. The zero-order valence-corrected chi connectivity index (χ0v) is 18.6. The molecule has 1 amide bonds. The Hall–Kier alpha value is -2.54. The Morgan fingerprint density at radius 1 is 1.18 bits per heavy atom. The molecule has 33 heavy (non-hydrogen) atoms. The maximum absolute atomic E-state index is 13.3. The Balaban J connectivity index is 1.67. The van der Waals surface area contributed by atoms with Crippen LogP contribution in [0.4, 0.5) is 13.2 Å². The molecule has 1 saturated heterocycles. The van der Waals surface area contributed by atoms with Gasteiger partial charge in [0.1, 0.15) is 5.78 Å². The monoisotopic (exact) mass is 491 g/mol. The van der Waals surface area contributed by atoms with Gasteiger partial charge in [0.25, 0.3) is 0 Å². The summed E-state index contributed by atoms with van der Waals surface area (Å²) < 4.78 is 66.4. The number of nitrogens with zero attached hydrogens (tertiary/aromatic N) is 3. The van der Waals surface area contributed by atoms with Crippen molar-refractivity contribution in [2.75, 3.05) is 32.7 Å². The first kappa shape index (κ1) is 25.1. The van der Waals surface area contributed by atoms with Crippen molar-refractivity contribution < 1.29 is 36.1 Å². The van der Waals surface area contributed by atoms with Gasteiger partial charge < -0.3 is 4.90 Å². The van der Waals surface area contributed by atoms with Gasteiger partial charge in [-0.3, -0.25) is 19.7 Å². The van der Waals surface area contributed by atoms with E-state index < -0.39 is 55.9 Å². The van der Waals surface area contributed by atoms with Gasteiger partial charge in [-0.25, -0.2) is 8.42 Å². The van der Waals surface area contributed by atoms with Crippen molar-refractivity contribution >= 4 is 21.7 Å². The van der Waals surface area contributed by atoms with Gasteiger partial charge >= 0.3 is 6.18 Å². The summed E-state index contributed by atoms with van der Waals surface area (Å²) in [5.74, 6) is -2.15. The standard InChI is InChI=1S/C20H24F3N3O6S/c1-13-10-17(27)14(15(13)12-26(29)30)11-19(28)24-6-8-25(9-7-24)33(31,32)18-5-3-2-4-16(18)20(21,22)23/h2-5,13-15H,6-12H2,1H3/t13-,14+,15-/m1/s1. The Kier molecular flexibility index (Phi) is 7.13. The third-order valence-electron chi connectivity index (χ3n) is 6.34. The third-order valence-corrected chi connectivity index (χ3v) is 8.30. The number of carbonyl (C=O) groups excluding carboxylic acids is 2. The van der Waals surface area contributed by atoms with Crippen molar-refractivity contribution in [1.29, 1.82) is 0 Å². The number of sulfonamides is 1. The van der Waals surface area contributed by atoms with Crippen LogP contribution in [0.25, 0.3) is 0 Å². The number of hydrogen-bond donors (Lipinski definition) is 0. The fourth-order valence-electron chi connectivity index (χ4n) is 4.56. The fraction of sp³-hybridized carbons (Fsp3) is 0.600. The molecule has 13 heteroatoms. The van der Waals surface area contributed by atoms with E-state index in [-0.39, 0.29) is 50.7 Å². The molecule has 0 unspecified atom stereocenters. The molecule has 0 aromatic heterocycles. The lowest BCUT2D eigenvalue weighted by Crippen LogP contribution is -2.51. The summed E-state index contributed by atoms with van der Waals surface area (Å²) in [5, 5.41) is 10.9. The van der Waals surface area contributed by atoms with Crippen LogP contribution in [0.2, 0.25) is 0 Å². The summed E-state index contributed by atoms with van der Waals surface area (Å²) in [7, 11) is -4.44. The number of benzene rings is 1. The average molecular weight is 491 g/mol. The summed E-state index contributed by atoms with van der Waals surface area (Å²) in [6.45, 7) is 0.820. The summed E-state index contributed by atoms with van der Waals surface area (Å²) in [6, 6.07) is 3.92. The smallest absolute Gasteiger partial charge is 0.340 e. The first-order chi connectivity index (χ1) is 15.3. The van der Waals surface area contributed by atoms with Gasteiger partial charge in [-0.1, -0.05) is 19.1 Å². The largest absolute Gasteiger partial charge is 0.417 e. The Morgan fingerprint density at radius 3 is 2.36 bits per heavy atom. The number of halogens is 3. The second-order valence-electron chi connectivity index (χ2n) is 8.42. The van der Waals surface area contributed by atoms with Crippen LogP contribution in [0, 0.1) is 27.9 Å². The molecule has 2 fully saturated rings. The molecular formula is C20H24F3N3O6S. The molecule has 182 valence electrons. The quantitative estimate of drug-likeness (QED) is 0.444. The maximum atomic E-state index is 13.3. The Morgan fingerprint density at radius 2 is 1.79 bits per heavy atom. The number of ketones is 1. The van der Waals surface area contributed by atoms with Crippen molar-refractivity contribution in [2.24, 2.45) is 17.8 Å². The molecular weight excluding hydrogens is 467 g/mol. The maximum Gasteiger partial charge on any atom is 0.417 e. The minimum atomic E-state index is -4.84. The van der Waals surface area contributed by atoms with Crippen LogP contribution in [-0.2, 0) is 25.8 Å². The van der Waals surface area contributed by atoms with E-state index in [2.05, 4.69) is 0 Å². The Labute approximate surface area is 188 Å². The molecule has 3 rings (SSSR count). The molecule has 1 aliphatic heterocycles. The van der Waals surface area contributed by atoms with E-state index in [1.807, 2.05) is 0 Å². The normalized spacial score (nSPS) is 24.8. The molecule has 0 radical (unpaired) electrons. The molecule has 1 saturated carbocycles. The van der Waals surface area contributed by atoms with Crippen molar-refractivity contribution in [3.8, 4) is 0 Å². The van der Waals surface area contributed by atoms with Gasteiger partial charge in [0.05, 0.1) is 10.5 Å². The molecule has 3 atom stereocenters. The average Bonchev–Trinajstić information content (AvgIpc) is 2.99. The highest BCUT2D eigenvalue weighted by Crippen LogP contribution is 2.37. The van der Waals surface area contributed by atoms with Gasteiger partial charge in [0.15, 0.2) is 0 Å². The first-order valence-electron chi connectivity index (χ1n) is 10.4. The predicted molar refractivity (Wildman–Crippen MR) is 109 cm³/mol. The van der Waals surface area contributed by atoms with Crippen LogP contribution in [0.1, 0.15) is 25.3 Å². The summed E-state index contributed by atoms with van der Waals surface area (Å²) in [4.78, 5) is 36.0. The van der Waals surface area contributed by atoms with Crippen molar-refractivity contribution in [2.45, 2.75) is 30.8 Å². The van der Waals surface area contributed by atoms with Gasteiger partial charge in [-0.2, -0.15) is 17.5 Å². The van der Waals surface area contributed by atoms with Crippen LogP contribution in [0.3, 0.4) is 0 Å². The van der Waals surface area contributed by atoms with Gasteiger partial charge in [0, 0.05) is 55.8 Å². The summed E-state index contributed by atoms with van der Waals surface area (Å²) in [6.07, 6.45) is -4.88. The van der Waals surface area contributed by atoms with Crippen LogP contribution in [-0.4, -0.2) is 67.0 Å². The lowest BCUT2D eigenvalue weighted by Gasteiger charge is -2.35. The molecule has 1 aromatic carbocycles. The zero-order chi connectivity index (χ0) is 24.6. The minimum Gasteiger partial charge on any atom is -0.340 e. The molecule has 9 nitrogen and oxygen atoms in total. The molecule has 0 N–H and O–H groups in total. The summed E-state index contributed by atoms with van der Waals surface area (Å²) in [5.41, 5.74) is -1.26. The van der Waals surface area contributed by atoms with Gasteiger partial charge in [-0.15, -0.1) is 0 Å². The molecule has 2 aliphatic rings. The van der Waals surface area contributed by atoms with Crippen LogP contribution < -0.4 is 0 Å². The molecule has 0 bridgehead atoms. The van der Waals surface area contributed by atoms with E-state index in [0.29, 0.717) is 6.07 Å². The van der Waals surface area contributed by atoms with Crippen molar-refractivity contribution in [1.82, 2.24) is 9.21 Å². The van der Waals surface area contributed by atoms with E-state index >= 15 is 0 Å². The number of alkyl halides is 3. The minimum absolute atomic E-state index is 0.0530. The number of Topliss-reactive ketones (excluding diaryl/α,β-unsaturated/α-hetero) is 1. The summed E-state index contributed by atoms with van der Waals surface area (Å²) >= 11 is 0. The molecule has 1 heterocycles. The second-order valence-corrected chi connectivity index (χ2v) is 10.3. The SMILES string of the molecule is C[C@@H]1CC(=O)[C@@H](CC(=O)N2CCN(S(=O)(=O)c3ccccc3C(F)(F)F)CC2)[C@@H]1C[N+](=O)[O-]. The second kappa shape index (κ2) is 9.37. The number of nitro groups is 1. The van der Waals surface area contributed by atoms with E-state index in [0.717, 1.165) is 16.4 Å². The third kappa shape index (κ3) is 5.35. The van der Waals surface area contributed by atoms with Crippen molar-refractivity contribution in [3.63, 3.8) is 0 Å². The number of rotatable bonds is 6. The molecule has 1 aromatic rings. The molecule has 0 spiro atoms. The fourth-order valence-corrected chi connectivity index (χ4v) is 6.19. The highest BCUT2D eigenvalue weighted by Gasteiger charge is 2.45. The van der Waals surface area contributed by atoms with E-state index in [4.69, 9.17) is 0 Å². The first-order valence-corrected chi connectivity index (χ1v) is 11.8. The van der Waals surface area contributed by atoms with Crippen LogP contribution in [0.5, 0.6) is 0 Å². The molecule has 1 aliphatic carbocycles. The van der Waals surface area contributed by atoms with E-state index in [1.54, 1.807) is 6.92 Å². The number of hydrogen-bond acceptors (Lipinski definition) is 6.